The normalized spacial score (nSPS) is 16.1. The Bertz CT molecular complexity index is 902. The predicted octanol–water partition coefficient (Wildman–Crippen LogP) is 3.76. The van der Waals surface area contributed by atoms with E-state index in [9.17, 15) is 9.59 Å². The second kappa shape index (κ2) is 9.18. The lowest BCUT2D eigenvalue weighted by Crippen LogP contribution is -2.37. The second-order valence-electron chi connectivity index (χ2n) is 6.90. The highest BCUT2D eigenvalue weighted by molar-refractivity contribution is 6.33. The number of methoxy groups -OCH3 is 2. The van der Waals surface area contributed by atoms with Crippen LogP contribution >= 0.6 is 11.6 Å². The summed E-state index contributed by atoms with van der Waals surface area (Å²) in [5, 5.41) is 0.506. The fourth-order valence-electron chi connectivity index (χ4n) is 3.58. The Morgan fingerprint density at radius 3 is 2.55 bits per heavy atom. The molecule has 154 valence electrons. The number of amides is 2. The van der Waals surface area contributed by atoms with Crippen LogP contribution < -0.4 is 14.4 Å². The molecule has 29 heavy (non-hydrogen) atoms. The average Bonchev–Trinajstić information content (AvgIpc) is 3.13. The van der Waals surface area contributed by atoms with Gasteiger partial charge in [-0.2, -0.15) is 0 Å². The first-order valence-corrected chi connectivity index (χ1v) is 9.90. The van der Waals surface area contributed by atoms with Crippen LogP contribution in [-0.4, -0.2) is 44.0 Å². The van der Waals surface area contributed by atoms with Crippen LogP contribution in [0.2, 0.25) is 5.02 Å². The molecular formula is C22H25ClN2O4. The molecule has 6 nitrogen and oxygen atoms in total. The third kappa shape index (κ3) is 4.48. The van der Waals surface area contributed by atoms with Crippen LogP contribution in [0.3, 0.4) is 0 Å². The minimum Gasteiger partial charge on any atom is -0.493 e. The van der Waals surface area contributed by atoms with E-state index in [0.717, 1.165) is 5.56 Å². The van der Waals surface area contributed by atoms with Crippen molar-refractivity contribution in [1.82, 2.24) is 4.90 Å². The summed E-state index contributed by atoms with van der Waals surface area (Å²) in [5.41, 5.74) is 1.59. The molecule has 1 atom stereocenters. The molecule has 1 heterocycles. The summed E-state index contributed by atoms with van der Waals surface area (Å²) in [7, 11) is 3.17. The third-order valence-electron chi connectivity index (χ3n) is 5.13. The SMILES string of the molecule is CCN(Cc1ccc(OC)c(OC)c1)C(=O)C1CC(=O)N(c2ccccc2Cl)C1. The Balaban J connectivity index is 1.73. The Kier molecular flexibility index (Phi) is 6.64. The molecule has 1 unspecified atom stereocenters. The number of carbonyl (C=O) groups is 2. The lowest BCUT2D eigenvalue weighted by molar-refractivity contribution is -0.136. The number of hydrogen-bond acceptors (Lipinski definition) is 4. The predicted molar refractivity (Wildman–Crippen MR) is 113 cm³/mol. The maximum atomic E-state index is 13.1. The topological polar surface area (TPSA) is 59.1 Å². The molecule has 2 amide bonds. The molecule has 0 radical (unpaired) electrons. The zero-order valence-electron chi connectivity index (χ0n) is 16.9. The van der Waals surface area contributed by atoms with Crippen LogP contribution in [0.5, 0.6) is 11.5 Å². The van der Waals surface area contributed by atoms with Crippen molar-refractivity contribution < 1.29 is 19.1 Å². The molecule has 0 N–H and O–H groups in total. The number of carbonyl (C=O) groups excluding carboxylic acids is 2. The highest BCUT2D eigenvalue weighted by Crippen LogP contribution is 2.32. The zero-order valence-corrected chi connectivity index (χ0v) is 17.6. The van der Waals surface area contributed by atoms with Gasteiger partial charge in [0.25, 0.3) is 0 Å². The Hall–Kier alpha value is -2.73. The van der Waals surface area contributed by atoms with E-state index >= 15 is 0 Å². The van der Waals surface area contributed by atoms with E-state index in [1.807, 2.05) is 37.3 Å². The van der Waals surface area contributed by atoms with Crippen molar-refractivity contribution in [3.8, 4) is 11.5 Å². The van der Waals surface area contributed by atoms with Crippen LogP contribution in [0.25, 0.3) is 0 Å². The number of halogens is 1. The number of para-hydroxylation sites is 1. The van der Waals surface area contributed by atoms with Gasteiger partial charge in [0.15, 0.2) is 11.5 Å². The van der Waals surface area contributed by atoms with Crippen LogP contribution in [0.4, 0.5) is 5.69 Å². The fraction of sp³-hybridized carbons (Fsp3) is 0.364. The first kappa shape index (κ1) is 21.0. The number of nitrogens with zero attached hydrogens (tertiary/aromatic N) is 2. The molecule has 1 fully saturated rings. The summed E-state index contributed by atoms with van der Waals surface area (Å²) >= 11 is 6.24. The molecule has 0 aromatic heterocycles. The molecule has 0 aliphatic carbocycles. The molecule has 3 rings (SSSR count). The van der Waals surface area contributed by atoms with Crippen molar-refractivity contribution in [2.24, 2.45) is 5.92 Å². The molecule has 1 saturated heterocycles. The molecular weight excluding hydrogens is 392 g/mol. The van der Waals surface area contributed by atoms with Crippen molar-refractivity contribution in [2.75, 3.05) is 32.2 Å². The lowest BCUT2D eigenvalue weighted by Gasteiger charge is -2.25. The summed E-state index contributed by atoms with van der Waals surface area (Å²) in [6.45, 7) is 3.25. The molecule has 0 saturated carbocycles. The smallest absolute Gasteiger partial charge is 0.228 e. The lowest BCUT2D eigenvalue weighted by atomic mass is 10.1. The fourth-order valence-corrected chi connectivity index (χ4v) is 3.82. The van der Waals surface area contributed by atoms with E-state index in [1.165, 1.54) is 0 Å². The maximum Gasteiger partial charge on any atom is 0.228 e. The summed E-state index contributed by atoms with van der Waals surface area (Å²) < 4.78 is 10.6. The summed E-state index contributed by atoms with van der Waals surface area (Å²) in [6, 6.07) is 12.8. The van der Waals surface area contributed by atoms with Gasteiger partial charge in [-0.3, -0.25) is 9.59 Å². The molecule has 2 aromatic rings. The summed E-state index contributed by atoms with van der Waals surface area (Å²) in [5.74, 6) is 0.750. The highest BCUT2D eigenvalue weighted by atomic mass is 35.5. The van der Waals surface area contributed by atoms with Gasteiger partial charge in [-0.25, -0.2) is 0 Å². The molecule has 0 spiro atoms. The van der Waals surface area contributed by atoms with Crippen molar-refractivity contribution in [2.45, 2.75) is 19.9 Å². The maximum absolute atomic E-state index is 13.1. The summed E-state index contributed by atoms with van der Waals surface area (Å²) in [4.78, 5) is 29.0. The largest absolute Gasteiger partial charge is 0.493 e. The molecule has 7 heteroatoms. The van der Waals surface area contributed by atoms with Gasteiger partial charge in [-0.1, -0.05) is 29.8 Å². The molecule has 2 aromatic carbocycles. The monoisotopic (exact) mass is 416 g/mol. The van der Waals surface area contributed by atoms with Gasteiger partial charge in [0.1, 0.15) is 0 Å². The van der Waals surface area contributed by atoms with E-state index in [1.54, 1.807) is 36.2 Å². The number of hydrogen-bond donors (Lipinski definition) is 0. The standard InChI is InChI=1S/C22H25ClN2O4/c1-4-24(13-15-9-10-19(28-2)20(11-15)29-3)22(27)16-12-21(26)25(14-16)18-8-6-5-7-17(18)23/h5-11,16H,4,12-14H2,1-3H3. The van der Waals surface area contributed by atoms with Gasteiger partial charge < -0.3 is 19.3 Å². The molecule has 1 aliphatic rings. The van der Waals surface area contributed by atoms with Gasteiger partial charge in [0.05, 0.1) is 30.8 Å². The van der Waals surface area contributed by atoms with Crippen molar-refractivity contribution in [1.29, 1.82) is 0 Å². The van der Waals surface area contributed by atoms with E-state index in [2.05, 4.69) is 0 Å². The third-order valence-corrected chi connectivity index (χ3v) is 5.45. The average molecular weight is 417 g/mol. The minimum absolute atomic E-state index is 0.0369. The summed E-state index contributed by atoms with van der Waals surface area (Å²) in [6.07, 6.45) is 0.187. The van der Waals surface area contributed by atoms with Gasteiger partial charge >= 0.3 is 0 Å². The first-order chi connectivity index (χ1) is 14.0. The number of benzene rings is 2. The molecule has 0 bridgehead atoms. The van der Waals surface area contributed by atoms with E-state index in [4.69, 9.17) is 21.1 Å². The van der Waals surface area contributed by atoms with Crippen LogP contribution in [-0.2, 0) is 16.1 Å². The van der Waals surface area contributed by atoms with E-state index in [0.29, 0.717) is 41.8 Å². The van der Waals surface area contributed by atoms with Gasteiger partial charge in [-0.15, -0.1) is 0 Å². The Morgan fingerprint density at radius 2 is 1.90 bits per heavy atom. The van der Waals surface area contributed by atoms with Crippen molar-refractivity contribution in [3.63, 3.8) is 0 Å². The number of ether oxygens (including phenoxy) is 2. The van der Waals surface area contributed by atoms with Crippen molar-refractivity contribution >= 4 is 29.1 Å². The molecule has 1 aliphatic heterocycles. The van der Waals surface area contributed by atoms with E-state index < -0.39 is 0 Å². The second-order valence-corrected chi connectivity index (χ2v) is 7.31. The Morgan fingerprint density at radius 1 is 1.17 bits per heavy atom. The van der Waals surface area contributed by atoms with E-state index in [-0.39, 0.29) is 24.2 Å². The van der Waals surface area contributed by atoms with Gasteiger partial charge in [0.2, 0.25) is 11.8 Å². The zero-order chi connectivity index (χ0) is 21.0. The van der Waals surface area contributed by atoms with Crippen molar-refractivity contribution in [3.05, 3.63) is 53.1 Å². The van der Waals surface area contributed by atoms with Crippen LogP contribution in [0, 0.1) is 5.92 Å². The quantitative estimate of drug-likeness (QED) is 0.689. The highest BCUT2D eigenvalue weighted by Gasteiger charge is 2.37. The number of rotatable bonds is 7. The van der Waals surface area contributed by atoms with Gasteiger partial charge in [0, 0.05) is 26.1 Å². The first-order valence-electron chi connectivity index (χ1n) is 9.53. The number of anilines is 1. The van der Waals surface area contributed by atoms with Crippen LogP contribution in [0.1, 0.15) is 18.9 Å². The minimum atomic E-state index is -0.390. The van der Waals surface area contributed by atoms with Gasteiger partial charge in [-0.05, 0) is 36.8 Å². The Labute approximate surface area is 176 Å². The van der Waals surface area contributed by atoms with Crippen LogP contribution in [0.15, 0.2) is 42.5 Å².